The second-order valence-corrected chi connectivity index (χ2v) is 5.46. The molecule has 6 heteroatoms. The third-order valence-electron chi connectivity index (χ3n) is 1.97. The first-order chi connectivity index (χ1) is 7.95. The van der Waals surface area contributed by atoms with E-state index in [0.717, 1.165) is 6.42 Å². The molecule has 1 rings (SSSR count). The highest BCUT2D eigenvalue weighted by Crippen LogP contribution is 2.17. The summed E-state index contributed by atoms with van der Waals surface area (Å²) in [5, 5.41) is 8.48. The van der Waals surface area contributed by atoms with Gasteiger partial charge in [-0.05, 0) is 30.7 Å². The van der Waals surface area contributed by atoms with Gasteiger partial charge in [0.15, 0.2) is 15.6 Å². The highest BCUT2D eigenvalue weighted by Gasteiger charge is 2.18. The van der Waals surface area contributed by atoms with Crippen molar-refractivity contribution < 1.29 is 23.1 Å². The molecule has 0 unspecified atom stereocenters. The van der Waals surface area contributed by atoms with Crippen molar-refractivity contribution in [3.8, 4) is 5.75 Å². The van der Waals surface area contributed by atoms with E-state index in [9.17, 15) is 13.2 Å². The number of carboxylic acid groups (broad SMARTS) is 1. The second-order valence-electron chi connectivity index (χ2n) is 3.47. The van der Waals surface area contributed by atoms with Gasteiger partial charge in [-0.15, -0.1) is 0 Å². The van der Waals surface area contributed by atoms with Gasteiger partial charge in [0.05, 0.1) is 11.5 Å². The Morgan fingerprint density at radius 3 is 2.35 bits per heavy atom. The quantitative estimate of drug-likeness (QED) is 0.832. The van der Waals surface area contributed by atoms with Crippen LogP contribution in [0.5, 0.6) is 5.75 Å². The number of aliphatic carboxylic acids is 1. The van der Waals surface area contributed by atoms with Gasteiger partial charge >= 0.3 is 5.97 Å². The number of benzene rings is 1. The molecule has 1 aromatic rings. The standard InChI is InChI=1S/C11H14O5S/c1-2-7-16-9-3-5-10(6-4-9)17(14,15)8-11(12)13/h3-6H,2,7-8H2,1H3,(H,12,13). The summed E-state index contributed by atoms with van der Waals surface area (Å²) in [6, 6.07) is 5.74. The van der Waals surface area contributed by atoms with E-state index in [1.807, 2.05) is 6.92 Å². The predicted octanol–water partition coefficient (Wildman–Crippen LogP) is 1.33. The normalized spacial score (nSPS) is 11.1. The molecule has 0 heterocycles. The van der Waals surface area contributed by atoms with Crippen molar-refractivity contribution in [3.63, 3.8) is 0 Å². The molecule has 94 valence electrons. The molecule has 0 radical (unpaired) electrons. The third kappa shape index (κ3) is 4.07. The second kappa shape index (κ2) is 5.67. The van der Waals surface area contributed by atoms with Crippen molar-refractivity contribution >= 4 is 15.8 Å². The molecule has 0 aliphatic carbocycles. The minimum Gasteiger partial charge on any atom is -0.494 e. The van der Waals surface area contributed by atoms with E-state index >= 15 is 0 Å². The maximum Gasteiger partial charge on any atom is 0.319 e. The summed E-state index contributed by atoms with van der Waals surface area (Å²) in [5.41, 5.74) is 0. The monoisotopic (exact) mass is 258 g/mol. The van der Waals surface area contributed by atoms with Gasteiger partial charge in [-0.25, -0.2) is 8.42 Å². The van der Waals surface area contributed by atoms with Gasteiger partial charge in [0.2, 0.25) is 0 Å². The number of carbonyl (C=O) groups is 1. The molecule has 0 aliphatic rings. The molecule has 0 aromatic heterocycles. The van der Waals surface area contributed by atoms with Gasteiger partial charge in [0.1, 0.15) is 5.75 Å². The van der Waals surface area contributed by atoms with Gasteiger partial charge in [-0.3, -0.25) is 4.79 Å². The fourth-order valence-electron chi connectivity index (χ4n) is 1.21. The summed E-state index contributed by atoms with van der Waals surface area (Å²) in [4.78, 5) is 10.4. The molecule has 1 aromatic carbocycles. The topological polar surface area (TPSA) is 80.7 Å². The molecule has 0 saturated heterocycles. The number of sulfone groups is 1. The zero-order chi connectivity index (χ0) is 12.9. The smallest absolute Gasteiger partial charge is 0.319 e. The van der Waals surface area contributed by atoms with Crippen molar-refractivity contribution in [2.24, 2.45) is 0 Å². The number of carboxylic acids is 1. The van der Waals surface area contributed by atoms with Crippen molar-refractivity contribution in [3.05, 3.63) is 24.3 Å². The Morgan fingerprint density at radius 1 is 1.29 bits per heavy atom. The molecule has 0 fully saturated rings. The SMILES string of the molecule is CCCOc1ccc(S(=O)(=O)CC(=O)O)cc1. The van der Waals surface area contributed by atoms with E-state index in [1.54, 1.807) is 0 Å². The Labute approximate surface area is 100.0 Å². The van der Waals surface area contributed by atoms with E-state index in [1.165, 1.54) is 24.3 Å². The van der Waals surface area contributed by atoms with Gasteiger partial charge in [-0.1, -0.05) is 6.92 Å². The molecule has 5 nitrogen and oxygen atoms in total. The predicted molar refractivity (Wildman–Crippen MR) is 61.9 cm³/mol. The average Bonchev–Trinajstić information content (AvgIpc) is 2.25. The molecule has 1 N–H and O–H groups in total. The van der Waals surface area contributed by atoms with Gasteiger partial charge in [0, 0.05) is 0 Å². The van der Waals surface area contributed by atoms with Crippen molar-refractivity contribution in [1.82, 2.24) is 0 Å². The number of hydrogen-bond acceptors (Lipinski definition) is 4. The van der Waals surface area contributed by atoms with Crippen LogP contribution in [-0.4, -0.2) is 31.9 Å². The van der Waals surface area contributed by atoms with Crippen LogP contribution in [0.2, 0.25) is 0 Å². The van der Waals surface area contributed by atoms with E-state index in [0.29, 0.717) is 12.4 Å². The zero-order valence-electron chi connectivity index (χ0n) is 9.42. The lowest BCUT2D eigenvalue weighted by Crippen LogP contribution is -2.15. The Balaban J connectivity index is 2.83. The van der Waals surface area contributed by atoms with Gasteiger partial charge in [0.25, 0.3) is 0 Å². The highest BCUT2D eigenvalue weighted by molar-refractivity contribution is 7.92. The van der Waals surface area contributed by atoms with Crippen LogP contribution in [0.25, 0.3) is 0 Å². The van der Waals surface area contributed by atoms with Crippen LogP contribution >= 0.6 is 0 Å². The van der Waals surface area contributed by atoms with Gasteiger partial charge in [-0.2, -0.15) is 0 Å². The molecule has 0 aliphatic heterocycles. The van der Waals surface area contributed by atoms with E-state index in [2.05, 4.69) is 0 Å². The lowest BCUT2D eigenvalue weighted by atomic mass is 10.3. The fourth-order valence-corrected chi connectivity index (χ4v) is 2.25. The largest absolute Gasteiger partial charge is 0.494 e. The van der Waals surface area contributed by atoms with Crippen molar-refractivity contribution in [2.75, 3.05) is 12.4 Å². The lowest BCUT2D eigenvalue weighted by molar-refractivity contribution is -0.134. The third-order valence-corrected chi connectivity index (χ3v) is 3.59. The number of rotatable bonds is 6. The Morgan fingerprint density at radius 2 is 1.88 bits per heavy atom. The summed E-state index contributed by atoms with van der Waals surface area (Å²) in [6.07, 6.45) is 0.860. The van der Waals surface area contributed by atoms with E-state index in [4.69, 9.17) is 9.84 Å². The molecular formula is C11H14O5S. The van der Waals surface area contributed by atoms with Crippen molar-refractivity contribution in [1.29, 1.82) is 0 Å². The Hall–Kier alpha value is -1.56. The van der Waals surface area contributed by atoms with Crippen LogP contribution in [-0.2, 0) is 14.6 Å². The maximum atomic E-state index is 11.5. The summed E-state index contributed by atoms with van der Waals surface area (Å²) >= 11 is 0. The molecule has 17 heavy (non-hydrogen) atoms. The minimum atomic E-state index is -3.75. The lowest BCUT2D eigenvalue weighted by Gasteiger charge is -2.05. The summed E-state index contributed by atoms with van der Waals surface area (Å²) in [5.74, 6) is -1.69. The number of hydrogen-bond donors (Lipinski definition) is 1. The Kier molecular flexibility index (Phi) is 4.51. The molecule has 0 atom stereocenters. The minimum absolute atomic E-state index is 0.0104. The molecule has 0 saturated carbocycles. The molecular weight excluding hydrogens is 244 g/mol. The molecule has 0 amide bonds. The van der Waals surface area contributed by atoms with Gasteiger partial charge < -0.3 is 9.84 Å². The van der Waals surface area contributed by atoms with E-state index in [-0.39, 0.29) is 4.90 Å². The fraction of sp³-hybridized carbons (Fsp3) is 0.364. The Bertz CT molecular complexity index is 475. The number of ether oxygens (including phenoxy) is 1. The first-order valence-electron chi connectivity index (χ1n) is 5.13. The van der Waals surface area contributed by atoms with Crippen LogP contribution in [0.4, 0.5) is 0 Å². The first-order valence-corrected chi connectivity index (χ1v) is 6.78. The average molecular weight is 258 g/mol. The van der Waals surface area contributed by atoms with Crippen molar-refractivity contribution in [2.45, 2.75) is 18.2 Å². The summed E-state index contributed by atoms with van der Waals surface area (Å²) < 4.78 is 28.4. The van der Waals surface area contributed by atoms with E-state index < -0.39 is 21.6 Å². The molecule has 0 spiro atoms. The van der Waals surface area contributed by atoms with Crippen LogP contribution in [0.1, 0.15) is 13.3 Å². The van der Waals surface area contributed by atoms with Crippen LogP contribution in [0.15, 0.2) is 29.2 Å². The van der Waals surface area contributed by atoms with Crippen LogP contribution in [0, 0.1) is 0 Å². The van der Waals surface area contributed by atoms with Crippen LogP contribution in [0.3, 0.4) is 0 Å². The maximum absolute atomic E-state index is 11.5. The summed E-state index contributed by atoms with van der Waals surface area (Å²) in [6.45, 7) is 2.52. The first kappa shape index (κ1) is 13.5. The van der Waals surface area contributed by atoms with Crippen LogP contribution < -0.4 is 4.74 Å². The highest BCUT2D eigenvalue weighted by atomic mass is 32.2. The zero-order valence-corrected chi connectivity index (χ0v) is 10.2. The molecule has 0 bridgehead atoms. The summed E-state index contributed by atoms with van der Waals surface area (Å²) in [7, 11) is -3.75.